The number of nitrogens with one attached hydrogen (secondary N) is 2. The Bertz CT molecular complexity index is 1210. The number of rotatable bonds is 9. The van der Waals surface area contributed by atoms with Gasteiger partial charge in [-0.1, -0.05) is 41.4 Å². The van der Waals surface area contributed by atoms with Crippen molar-refractivity contribution < 1.29 is 22.7 Å². The van der Waals surface area contributed by atoms with Crippen molar-refractivity contribution >= 4 is 50.6 Å². The minimum atomic E-state index is -3.85. The molecule has 0 unspecified atom stereocenters. The van der Waals surface area contributed by atoms with E-state index in [0.29, 0.717) is 21.8 Å². The Morgan fingerprint density at radius 3 is 2.41 bits per heavy atom. The first kappa shape index (κ1) is 24.0. The Labute approximate surface area is 195 Å². The van der Waals surface area contributed by atoms with Gasteiger partial charge in [-0.05, 0) is 60.0 Å². The second-order valence-corrected chi connectivity index (χ2v) is 9.50. The van der Waals surface area contributed by atoms with E-state index in [1.807, 2.05) is 0 Å². The average Bonchev–Trinajstić information content (AvgIpc) is 2.74. The van der Waals surface area contributed by atoms with Crippen molar-refractivity contribution in [3.63, 3.8) is 0 Å². The van der Waals surface area contributed by atoms with Gasteiger partial charge in [-0.15, -0.1) is 0 Å². The van der Waals surface area contributed by atoms with Crippen LogP contribution in [0.5, 0.6) is 0 Å². The molecule has 0 heterocycles. The van der Waals surface area contributed by atoms with E-state index in [9.17, 15) is 17.6 Å². The lowest BCUT2D eigenvalue weighted by Crippen LogP contribution is -2.23. The molecule has 3 aromatic carbocycles. The van der Waals surface area contributed by atoms with Gasteiger partial charge in [0.15, 0.2) is 0 Å². The molecule has 0 aliphatic heterocycles. The fourth-order valence-electron chi connectivity index (χ4n) is 2.94. The molecule has 168 valence electrons. The second-order valence-electron chi connectivity index (χ2n) is 6.89. The van der Waals surface area contributed by atoms with Crippen LogP contribution < -0.4 is 10.0 Å². The Morgan fingerprint density at radius 2 is 1.75 bits per heavy atom. The first-order valence-electron chi connectivity index (χ1n) is 9.45. The van der Waals surface area contributed by atoms with Gasteiger partial charge in [-0.25, -0.2) is 17.5 Å². The molecule has 0 spiro atoms. The minimum Gasteiger partial charge on any atom is -0.481 e. The maximum atomic E-state index is 14.3. The van der Waals surface area contributed by atoms with Gasteiger partial charge in [0.2, 0.25) is 10.0 Å². The van der Waals surface area contributed by atoms with Crippen LogP contribution >= 0.6 is 23.2 Å². The molecule has 3 N–H and O–H groups in total. The first-order chi connectivity index (χ1) is 15.2. The molecule has 0 aliphatic carbocycles. The maximum absolute atomic E-state index is 14.3. The topological polar surface area (TPSA) is 95.5 Å². The van der Waals surface area contributed by atoms with Crippen molar-refractivity contribution in [1.82, 2.24) is 4.72 Å². The van der Waals surface area contributed by atoms with E-state index in [1.165, 1.54) is 42.5 Å². The van der Waals surface area contributed by atoms with Gasteiger partial charge in [-0.2, -0.15) is 0 Å². The summed E-state index contributed by atoms with van der Waals surface area (Å²) >= 11 is 11.9. The number of carboxylic acids is 1. The Balaban J connectivity index is 1.90. The van der Waals surface area contributed by atoms with Crippen molar-refractivity contribution in [1.29, 1.82) is 0 Å². The van der Waals surface area contributed by atoms with E-state index < -0.39 is 21.8 Å². The smallest absolute Gasteiger partial charge is 0.303 e. The summed E-state index contributed by atoms with van der Waals surface area (Å²) in [6, 6.07) is 14.9. The SMILES string of the molecule is O=C(O)CCc1ccc(Nc2c(F)cccc2Cl)c(CNS(=O)(=O)c2ccc(Cl)cc2)c1. The lowest BCUT2D eigenvalue weighted by atomic mass is 10.0. The van der Waals surface area contributed by atoms with Crippen molar-refractivity contribution in [3.05, 3.63) is 87.7 Å². The highest BCUT2D eigenvalue weighted by molar-refractivity contribution is 7.89. The number of hydrogen-bond donors (Lipinski definition) is 3. The normalized spacial score (nSPS) is 11.3. The highest BCUT2D eigenvalue weighted by atomic mass is 35.5. The monoisotopic (exact) mass is 496 g/mol. The molecule has 3 rings (SSSR count). The number of para-hydroxylation sites is 1. The van der Waals surface area contributed by atoms with Crippen LogP contribution in [0.25, 0.3) is 0 Å². The number of benzene rings is 3. The van der Waals surface area contributed by atoms with E-state index in [1.54, 1.807) is 18.2 Å². The van der Waals surface area contributed by atoms with Crippen LogP contribution in [-0.4, -0.2) is 19.5 Å². The van der Waals surface area contributed by atoms with Gasteiger partial charge in [0, 0.05) is 23.7 Å². The van der Waals surface area contributed by atoms with Gasteiger partial charge in [0.25, 0.3) is 0 Å². The molecule has 6 nitrogen and oxygen atoms in total. The number of anilines is 2. The molecule has 0 saturated carbocycles. The van der Waals surface area contributed by atoms with Crippen LogP contribution in [0.15, 0.2) is 65.6 Å². The second kappa shape index (κ2) is 10.3. The molecule has 0 bridgehead atoms. The van der Waals surface area contributed by atoms with Crippen LogP contribution in [0.1, 0.15) is 17.5 Å². The summed E-state index contributed by atoms with van der Waals surface area (Å²) in [4.78, 5) is 10.9. The van der Waals surface area contributed by atoms with Gasteiger partial charge in [0.1, 0.15) is 5.82 Å². The first-order valence-corrected chi connectivity index (χ1v) is 11.7. The van der Waals surface area contributed by atoms with E-state index in [-0.39, 0.29) is 35.0 Å². The maximum Gasteiger partial charge on any atom is 0.303 e. The predicted octanol–water partition coefficient (Wildman–Crippen LogP) is 5.37. The van der Waals surface area contributed by atoms with E-state index in [2.05, 4.69) is 10.0 Å². The van der Waals surface area contributed by atoms with Gasteiger partial charge in [0.05, 0.1) is 15.6 Å². The zero-order chi connectivity index (χ0) is 23.3. The van der Waals surface area contributed by atoms with Gasteiger partial charge >= 0.3 is 5.97 Å². The molecule has 0 aliphatic rings. The fourth-order valence-corrected chi connectivity index (χ4v) is 4.29. The van der Waals surface area contributed by atoms with Gasteiger partial charge < -0.3 is 10.4 Å². The summed E-state index contributed by atoms with van der Waals surface area (Å²) in [6.07, 6.45) is 0.175. The van der Waals surface area contributed by atoms with Crippen LogP contribution in [-0.2, 0) is 27.8 Å². The third kappa shape index (κ3) is 6.20. The molecular weight excluding hydrogens is 478 g/mol. The average molecular weight is 497 g/mol. The zero-order valence-electron chi connectivity index (χ0n) is 16.6. The van der Waals surface area contributed by atoms with Crippen LogP contribution in [0, 0.1) is 5.82 Å². The number of sulfonamides is 1. The predicted molar refractivity (Wildman–Crippen MR) is 123 cm³/mol. The number of hydrogen-bond acceptors (Lipinski definition) is 4. The Hall–Kier alpha value is -2.65. The molecule has 3 aromatic rings. The molecule has 0 aromatic heterocycles. The van der Waals surface area contributed by atoms with Crippen LogP contribution in [0.2, 0.25) is 10.0 Å². The van der Waals surface area contributed by atoms with Crippen molar-refractivity contribution in [2.75, 3.05) is 5.32 Å². The van der Waals surface area contributed by atoms with E-state index >= 15 is 0 Å². The molecule has 0 saturated heterocycles. The van der Waals surface area contributed by atoms with Crippen molar-refractivity contribution in [2.24, 2.45) is 0 Å². The molecule has 32 heavy (non-hydrogen) atoms. The van der Waals surface area contributed by atoms with Crippen molar-refractivity contribution in [2.45, 2.75) is 24.3 Å². The van der Waals surface area contributed by atoms with Crippen molar-refractivity contribution in [3.8, 4) is 0 Å². The summed E-state index contributed by atoms with van der Waals surface area (Å²) in [7, 11) is -3.85. The van der Waals surface area contributed by atoms with Crippen LogP contribution in [0.3, 0.4) is 0 Å². The van der Waals surface area contributed by atoms with E-state index in [0.717, 1.165) is 0 Å². The Morgan fingerprint density at radius 1 is 1.03 bits per heavy atom. The molecule has 0 atom stereocenters. The third-order valence-corrected chi connectivity index (χ3v) is 6.58. The molecule has 10 heteroatoms. The molecular formula is C22H19Cl2FN2O4S. The third-order valence-electron chi connectivity index (χ3n) is 4.60. The van der Waals surface area contributed by atoms with Crippen LogP contribution in [0.4, 0.5) is 15.8 Å². The summed E-state index contributed by atoms with van der Waals surface area (Å²) in [5.74, 6) is -1.52. The summed E-state index contributed by atoms with van der Waals surface area (Å²) in [5.41, 5.74) is 1.66. The van der Waals surface area contributed by atoms with E-state index in [4.69, 9.17) is 28.3 Å². The van der Waals surface area contributed by atoms with Gasteiger partial charge in [-0.3, -0.25) is 4.79 Å². The molecule has 0 amide bonds. The number of aryl methyl sites for hydroxylation is 1. The lowest BCUT2D eigenvalue weighted by Gasteiger charge is -2.16. The summed E-state index contributed by atoms with van der Waals surface area (Å²) < 4.78 is 42.1. The zero-order valence-corrected chi connectivity index (χ0v) is 18.9. The molecule has 0 radical (unpaired) electrons. The fraction of sp³-hybridized carbons (Fsp3) is 0.136. The lowest BCUT2D eigenvalue weighted by molar-refractivity contribution is -0.136. The molecule has 0 fully saturated rings. The number of halogens is 3. The standard InChI is InChI=1S/C22H19Cl2FN2O4S/c23-16-6-8-17(9-7-16)32(30,31)26-13-15-12-14(5-11-21(28)29)4-10-20(15)27-22-18(24)2-1-3-19(22)25/h1-4,6-10,12,26-27H,5,11,13H2,(H,28,29). The largest absolute Gasteiger partial charge is 0.481 e. The number of carboxylic acid groups (broad SMARTS) is 1. The minimum absolute atomic E-state index is 0.0376. The highest BCUT2D eigenvalue weighted by Crippen LogP contribution is 2.30. The quantitative estimate of drug-likeness (QED) is 0.370. The summed E-state index contributed by atoms with van der Waals surface area (Å²) in [5, 5.41) is 12.4. The Kier molecular flexibility index (Phi) is 7.73. The summed E-state index contributed by atoms with van der Waals surface area (Å²) in [6.45, 7) is -0.125. The number of aliphatic carboxylic acids is 1. The number of carbonyl (C=O) groups is 1. The highest BCUT2D eigenvalue weighted by Gasteiger charge is 2.16.